The molecular formula is C12H11N3O5S2. The van der Waals surface area contributed by atoms with E-state index in [1.54, 1.807) is 0 Å². The Morgan fingerprint density at radius 2 is 1.73 bits per heavy atom. The molecule has 0 unspecified atom stereocenters. The summed E-state index contributed by atoms with van der Waals surface area (Å²) >= 11 is 0. The predicted octanol–water partition coefficient (Wildman–Crippen LogP) is 0.238. The summed E-state index contributed by atoms with van der Waals surface area (Å²) in [7, 11) is -7.69. The lowest BCUT2D eigenvalue weighted by atomic mass is 10.3. The summed E-state index contributed by atoms with van der Waals surface area (Å²) in [5, 5.41) is 9.61. The number of nitriles is 1. The van der Waals surface area contributed by atoms with Crippen molar-refractivity contribution in [3.63, 3.8) is 0 Å². The van der Waals surface area contributed by atoms with Gasteiger partial charge in [0.05, 0.1) is 16.4 Å². The second kappa shape index (κ2) is 6.88. The Balaban J connectivity index is 3.00. The van der Waals surface area contributed by atoms with Crippen LogP contribution in [0.5, 0.6) is 0 Å². The molecule has 0 saturated carbocycles. The number of hydrogen-bond acceptors (Lipinski definition) is 6. The van der Waals surface area contributed by atoms with Gasteiger partial charge in [0, 0.05) is 23.2 Å². The summed E-state index contributed by atoms with van der Waals surface area (Å²) < 4.78 is 48.7. The van der Waals surface area contributed by atoms with Gasteiger partial charge in [0.15, 0.2) is 9.84 Å². The lowest BCUT2D eigenvalue weighted by molar-refractivity contribution is -0.113. The van der Waals surface area contributed by atoms with Crippen molar-refractivity contribution in [3.05, 3.63) is 47.2 Å². The van der Waals surface area contributed by atoms with Crippen molar-refractivity contribution in [2.75, 3.05) is 4.72 Å². The quantitative estimate of drug-likeness (QED) is 0.559. The summed E-state index contributed by atoms with van der Waals surface area (Å²) in [6.45, 7) is 0. The number of primary amides is 1. The first kappa shape index (κ1) is 17.4. The van der Waals surface area contributed by atoms with Gasteiger partial charge in [-0.25, -0.2) is 16.8 Å². The molecule has 3 N–H and O–H groups in total. The van der Waals surface area contributed by atoms with Crippen LogP contribution in [0.4, 0.5) is 5.69 Å². The minimum Gasteiger partial charge on any atom is -0.366 e. The smallest absolute Gasteiger partial charge is 0.255 e. The van der Waals surface area contributed by atoms with Crippen molar-refractivity contribution < 1.29 is 21.6 Å². The van der Waals surface area contributed by atoms with Crippen molar-refractivity contribution in [3.8, 4) is 6.07 Å². The fourth-order valence-corrected chi connectivity index (χ4v) is 3.02. The number of carbonyl (C=O) groups is 1. The van der Waals surface area contributed by atoms with E-state index in [-0.39, 0.29) is 10.6 Å². The van der Waals surface area contributed by atoms with Crippen LogP contribution in [0.2, 0.25) is 0 Å². The van der Waals surface area contributed by atoms with Gasteiger partial charge in [-0.3, -0.25) is 9.52 Å². The predicted molar refractivity (Wildman–Crippen MR) is 79.3 cm³/mol. The molecule has 22 heavy (non-hydrogen) atoms. The number of rotatable bonds is 6. The van der Waals surface area contributed by atoms with Crippen LogP contribution in [-0.2, 0) is 24.7 Å². The summed E-state index contributed by atoms with van der Waals surface area (Å²) in [5.74, 6) is -0.905. The van der Waals surface area contributed by atoms with Crippen molar-refractivity contribution in [2.24, 2.45) is 5.73 Å². The monoisotopic (exact) mass is 341 g/mol. The Bertz CT molecular complexity index is 860. The van der Waals surface area contributed by atoms with Crippen LogP contribution in [0.25, 0.3) is 0 Å². The first-order valence-corrected chi connectivity index (χ1v) is 8.67. The molecule has 0 saturated heterocycles. The van der Waals surface area contributed by atoms with Gasteiger partial charge >= 0.3 is 0 Å². The number of amides is 1. The van der Waals surface area contributed by atoms with E-state index in [2.05, 4.69) is 4.72 Å². The number of allylic oxidation sites excluding steroid dienone is 1. The van der Waals surface area contributed by atoms with E-state index in [4.69, 9.17) is 11.0 Å². The zero-order chi connectivity index (χ0) is 16.8. The number of sulfonamides is 1. The minimum absolute atomic E-state index is 0.112. The molecule has 10 heteroatoms. The van der Waals surface area contributed by atoms with Crippen LogP contribution in [0.3, 0.4) is 0 Å². The van der Waals surface area contributed by atoms with Crippen molar-refractivity contribution in [1.82, 2.24) is 0 Å². The molecule has 0 radical (unpaired) electrons. The van der Waals surface area contributed by atoms with Crippen LogP contribution in [-0.4, -0.2) is 22.7 Å². The second-order valence-electron chi connectivity index (χ2n) is 3.85. The molecule has 0 aliphatic heterocycles. The molecule has 0 aliphatic rings. The molecule has 0 spiro atoms. The van der Waals surface area contributed by atoms with Crippen molar-refractivity contribution in [2.45, 2.75) is 4.90 Å². The van der Waals surface area contributed by atoms with Gasteiger partial charge < -0.3 is 5.73 Å². The normalized spacial score (nSPS) is 12.3. The average molecular weight is 341 g/mol. The highest BCUT2D eigenvalue weighted by atomic mass is 32.2. The fourth-order valence-electron chi connectivity index (χ4n) is 1.27. The van der Waals surface area contributed by atoms with E-state index in [1.807, 2.05) is 0 Å². The van der Waals surface area contributed by atoms with E-state index in [0.29, 0.717) is 16.9 Å². The van der Waals surface area contributed by atoms with Gasteiger partial charge in [-0.2, -0.15) is 5.26 Å². The lowest BCUT2D eigenvalue weighted by Crippen LogP contribution is -2.09. The Hall–Kier alpha value is -2.64. The molecule has 8 nitrogen and oxygen atoms in total. The molecule has 0 aromatic heterocycles. The summed E-state index contributed by atoms with van der Waals surface area (Å²) in [5.41, 5.74) is 4.93. The molecule has 0 fully saturated rings. The number of nitrogens with one attached hydrogen (secondary N) is 1. The third kappa shape index (κ3) is 5.39. The molecule has 1 aromatic carbocycles. The SMILES string of the molecule is N#CC=CS(=O)(=O)Nc1ccc(S(=O)(=O)C=CC(N)=O)cc1. The average Bonchev–Trinajstić information content (AvgIpc) is 2.43. The maximum absolute atomic E-state index is 11.8. The topological polar surface area (TPSA) is 147 Å². The number of sulfone groups is 1. The molecule has 0 aliphatic carbocycles. The van der Waals surface area contributed by atoms with Crippen LogP contribution < -0.4 is 10.5 Å². The molecule has 0 atom stereocenters. The largest absolute Gasteiger partial charge is 0.366 e. The van der Waals surface area contributed by atoms with Crippen molar-refractivity contribution >= 4 is 31.5 Å². The van der Waals surface area contributed by atoms with Gasteiger partial charge in [-0.15, -0.1) is 0 Å². The van der Waals surface area contributed by atoms with Gasteiger partial charge in [0.1, 0.15) is 0 Å². The number of nitrogens with two attached hydrogens (primary N) is 1. The number of anilines is 1. The van der Waals surface area contributed by atoms with Gasteiger partial charge in [-0.1, -0.05) is 0 Å². The molecule has 0 bridgehead atoms. The van der Waals surface area contributed by atoms with Gasteiger partial charge in [-0.05, 0) is 24.3 Å². The number of benzene rings is 1. The Morgan fingerprint density at radius 3 is 2.23 bits per heavy atom. The molecule has 1 aromatic rings. The standard InChI is InChI=1S/C12H11N3O5S2/c13-7-1-8-22(19,20)15-10-2-4-11(5-3-10)21(17,18)9-6-12(14)16/h1-6,8-9,15H,(H2,14,16). The third-order valence-electron chi connectivity index (χ3n) is 2.18. The summed E-state index contributed by atoms with van der Waals surface area (Å²) in [6.07, 6.45) is 1.49. The molecule has 1 amide bonds. The first-order chi connectivity index (χ1) is 10.2. The van der Waals surface area contributed by atoms with E-state index < -0.39 is 25.8 Å². The molecule has 116 valence electrons. The highest BCUT2D eigenvalue weighted by Gasteiger charge is 2.11. The highest BCUT2D eigenvalue weighted by molar-refractivity contribution is 7.95. The van der Waals surface area contributed by atoms with E-state index in [1.165, 1.54) is 18.2 Å². The fraction of sp³-hybridized carbons (Fsp3) is 0. The van der Waals surface area contributed by atoms with E-state index in [0.717, 1.165) is 18.2 Å². The molecule has 1 rings (SSSR count). The molecular weight excluding hydrogens is 330 g/mol. The van der Waals surface area contributed by atoms with Crippen LogP contribution in [0.15, 0.2) is 52.1 Å². The summed E-state index contributed by atoms with van der Waals surface area (Å²) in [6, 6.07) is 6.31. The third-order valence-corrected chi connectivity index (χ3v) is 4.61. The van der Waals surface area contributed by atoms with Crippen LogP contribution in [0.1, 0.15) is 0 Å². The highest BCUT2D eigenvalue weighted by Crippen LogP contribution is 2.17. The lowest BCUT2D eigenvalue weighted by Gasteiger charge is -2.05. The van der Waals surface area contributed by atoms with Crippen LogP contribution in [0, 0.1) is 11.3 Å². The van der Waals surface area contributed by atoms with E-state index >= 15 is 0 Å². The zero-order valence-corrected chi connectivity index (χ0v) is 12.6. The second-order valence-corrected chi connectivity index (χ2v) is 7.25. The molecule has 0 heterocycles. The maximum Gasteiger partial charge on any atom is 0.255 e. The van der Waals surface area contributed by atoms with E-state index in [9.17, 15) is 21.6 Å². The number of carbonyl (C=O) groups excluding carboxylic acids is 1. The summed E-state index contributed by atoms with van der Waals surface area (Å²) in [4.78, 5) is 10.4. The zero-order valence-electron chi connectivity index (χ0n) is 11.0. The maximum atomic E-state index is 11.8. The Kier molecular flexibility index (Phi) is 5.44. The Morgan fingerprint density at radius 1 is 1.14 bits per heavy atom. The van der Waals surface area contributed by atoms with Gasteiger partial charge in [0.25, 0.3) is 10.0 Å². The first-order valence-electron chi connectivity index (χ1n) is 5.58. The Labute approximate surface area is 127 Å². The van der Waals surface area contributed by atoms with Crippen molar-refractivity contribution in [1.29, 1.82) is 5.26 Å². The number of hydrogen-bond donors (Lipinski definition) is 2. The van der Waals surface area contributed by atoms with Gasteiger partial charge in [0.2, 0.25) is 5.91 Å². The minimum atomic E-state index is -3.85. The number of nitrogens with zero attached hydrogens (tertiary/aromatic N) is 1. The van der Waals surface area contributed by atoms with Crippen LogP contribution >= 0.6 is 0 Å².